The van der Waals surface area contributed by atoms with Crippen molar-refractivity contribution in [2.24, 2.45) is 0 Å². The highest BCUT2D eigenvalue weighted by Gasteiger charge is 2.19. The van der Waals surface area contributed by atoms with Crippen molar-refractivity contribution in [2.45, 2.75) is 309 Å². The summed E-state index contributed by atoms with van der Waals surface area (Å²) >= 11 is 0. The van der Waals surface area contributed by atoms with Crippen LogP contribution in [0.1, 0.15) is 303 Å². The number of carbonyl (C=O) groups is 3. The van der Waals surface area contributed by atoms with Crippen LogP contribution < -0.4 is 0 Å². The van der Waals surface area contributed by atoms with Gasteiger partial charge in [-0.3, -0.25) is 14.4 Å². The summed E-state index contributed by atoms with van der Waals surface area (Å²) < 4.78 is 16.8. The highest BCUT2D eigenvalue weighted by molar-refractivity contribution is 5.71. The van der Waals surface area contributed by atoms with E-state index in [1.165, 1.54) is 199 Å². The molecule has 0 saturated heterocycles. The first kappa shape index (κ1) is 59.1. The molecule has 0 aliphatic carbocycles. The third-order valence-electron chi connectivity index (χ3n) is 12.3. The van der Waals surface area contributed by atoms with Crippen LogP contribution in [0.25, 0.3) is 0 Å². The first-order valence-electron chi connectivity index (χ1n) is 27.2. The van der Waals surface area contributed by atoms with Gasteiger partial charge in [0.05, 0.1) is 0 Å². The quantitative estimate of drug-likeness (QED) is 0.0262. The maximum absolute atomic E-state index is 12.8. The number of carbonyl (C=O) groups excluding carboxylic acids is 3. The van der Waals surface area contributed by atoms with Gasteiger partial charge in [-0.25, -0.2) is 0 Å². The molecule has 6 heteroatoms. The smallest absolute Gasteiger partial charge is 0.306 e. The summed E-state index contributed by atoms with van der Waals surface area (Å²) in [7, 11) is 0. The van der Waals surface area contributed by atoms with Gasteiger partial charge in [-0.15, -0.1) is 0 Å². The van der Waals surface area contributed by atoms with E-state index in [0.29, 0.717) is 19.3 Å². The predicted octanol–water partition coefficient (Wildman–Crippen LogP) is 17.8. The van der Waals surface area contributed by atoms with Gasteiger partial charge in [-0.2, -0.15) is 0 Å². The first-order valence-corrected chi connectivity index (χ1v) is 27.2. The molecule has 0 spiro atoms. The number of rotatable bonds is 50. The number of unbranched alkanes of at least 4 members (excludes halogenated alkanes) is 37. The maximum atomic E-state index is 12.8. The molecule has 0 unspecified atom stereocenters. The minimum absolute atomic E-state index is 0.0677. The fraction of sp³-hybridized carbons (Fsp3) is 0.909. The zero-order chi connectivity index (χ0) is 44.4. The van der Waals surface area contributed by atoms with E-state index in [2.05, 4.69) is 32.9 Å². The minimum Gasteiger partial charge on any atom is -0.462 e. The second-order valence-corrected chi connectivity index (χ2v) is 18.5. The molecule has 360 valence electrons. The van der Waals surface area contributed by atoms with E-state index in [1.807, 2.05) is 0 Å². The van der Waals surface area contributed by atoms with Crippen LogP contribution in [0, 0.1) is 0 Å². The summed E-state index contributed by atoms with van der Waals surface area (Å²) in [4.78, 5) is 38.0. The summed E-state index contributed by atoms with van der Waals surface area (Å²) in [6, 6.07) is 0. The SMILES string of the molecule is CCCCCCC/C=C\CCCCCCCC(=O)O[C@H](COC(=O)CCCCCCCCCCCCCCC)COC(=O)CCCCCCCCCCCCCCCCCC. The molecular weight excluding hydrogens is 757 g/mol. The van der Waals surface area contributed by atoms with Crippen molar-refractivity contribution >= 4 is 17.9 Å². The molecule has 1 atom stereocenters. The van der Waals surface area contributed by atoms with Crippen molar-refractivity contribution in [3.63, 3.8) is 0 Å². The number of esters is 3. The van der Waals surface area contributed by atoms with Crippen molar-refractivity contribution < 1.29 is 28.6 Å². The summed E-state index contributed by atoms with van der Waals surface area (Å²) in [5.41, 5.74) is 0. The van der Waals surface area contributed by atoms with Gasteiger partial charge in [0.25, 0.3) is 0 Å². The fourth-order valence-corrected chi connectivity index (χ4v) is 8.14. The Bertz CT molecular complexity index is 947. The summed E-state index contributed by atoms with van der Waals surface area (Å²) in [5, 5.41) is 0. The topological polar surface area (TPSA) is 78.9 Å². The molecule has 0 fully saturated rings. The Hall–Kier alpha value is -1.85. The van der Waals surface area contributed by atoms with E-state index in [0.717, 1.165) is 64.2 Å². The molecule has 0 aliphatic heterocycles. The van der Waals surface area contributed by atoms with Crippen molar-refractivity contribution in [1.82, 2.24) is 0 Å². The predicted molar refractivity (Wildman–Crippen MR) is 261 cm³/mol. The normalized spacial score (nSPS) is 12.0. The summed E-state index contributed by atoms with van der Waals surface area (Å²) in [6.07, 6.45) is 56.2. The van der Waals surface area contributed by atoms with Crippen LogP contribution in [-0.4, -0.2) is 37.2 Å². The van der Waals surface area contributed by atoms with E-state index in [1.54, 1.807) is 0 Å². The average Bonchev–Trinajstić information content (AvgIpc) is 3.26. The van der Waals surface area contributed by atoms with Crippen molar-refractivity contribution in [3.8, 4) is 0 Å². The van der Waals surface area contributed by atoms with Gasteiger partial charge in [-0.05, 0) is 44.9 Å². The van der Waals surface area contributed by atoms with Gasteiger partial charge in [0, 0.05) is 19.3 Å². The van der Waals surface area contributed by atoms with Crippen LogP contribution in [0.3, 0.4) is 0 Å². The number of hydrogen-bond donors (Lipinski definition) is 0. The third-order valence-corrected chi connectivity index (χ3v) is 12.3. The van der Waals surface area contributed by atoms with Gasteiger partial charge in [0.1, 0.15) is 13.2 Å². The molecule has 0 aromatic rings. The van der Waals surface area contributed by atoms with Crippen LogP contribution in [0.4, 0.5) is 0 Å². The molecule has 0 radical (unpaired) electrons. The van der Waals surface area contributed by atoms with E-state index in [4.69, 9.17) is 14.2 Å². The molecule has 0 rings (SSSR count). The molecule has 0 bridgehead atoms. The maximum Gasteiger partial charge on any atom is 0.306 e. The Labute approximate surface area is 380 Å². The van der Waals surface area contributed by atoms with Gasteiger partial charge >= 0.3 is 17.9 Å². The lowest BCUT2D eigenvalue weighted by molar-refractivity contribution is -0.167. The van der Waals surface area contributed by atoms with Crippen LogP contribution >= 0.6 is 0 Å². The van der Waals surface area contributed by atoms with Gasteiger partial charge < -0.3 is 14.2 Å². The highest BCUT2D eigenvalue weighted by atomic mass is 16.6. The van der Waals surface area contributed by atoms with Crippen molar-refractivity contribution in [3.05, 3.63) is 12.2 Å². The van der Waals surface area contributed by atoms with Crippen molar-refractivity contribution in [1.29, 1.82) is 0 Å². The summed E-state index contributed by atoms with van der Waals surface area (Å²) in [5.74, 6) is -0.856. The van der Waals surface area contributed by atoms with Crippen LogP contribution in [0.15, 0.2) is 12.2 Å². The molecule has 0 aliphatic rings. The zero-order valence-electron chi connectivity index (χ0n) is 41.2. The van der Waals surface area contributed by atoms with E-state index in [-0.39, 0.29) is 31.1 Å². The number of ether oxygens (including phenoxy) is 3. The fourth-order valence-electron chi connectivity index (χ4n) is 8.14. The van der Waals surface area contributed by atoms with E-state index < -0.39 is 6.10 Å². The average molecular weight is 861 g/mol. The van der Waals surface area contributed by atoms with Crippen LogP contribution in [0.2, 0.25) is 0 Å². The Kier molecular flexibility index (Phi) is 49.3. The molecule has 0 saturated carbocycles. The number of allylic oxidation sites excluding steroid dienone is 2. The minimum atomic E-state index is -0.767. The lowest BCUT2D eigenvalue weighted by Crippen LogP contribution is -2.30. The highest BCUT2D eigenvalue weighted by Crippen LogP contribution is 2.16. The Morgan fingerprint density at radius 1 is 0.311 bits per heavy atom. The molecular formula is C55H104O6. The Morgan fingerprint density at radius 3 is 0.820 bits per heavy atom. The first-order chi connectivity index (χ1) is 30.0. The van der Waals surface area contributed by atoms with E-state index >= 15 is 0 Å². The monoisotopic (exact) mass is 861 g/mol. The van der Waals surface area contributed by atoms with Crippen LogP contribution in [-0.2, 0) is 28.6 Å². The largest absolute Gasteiger partial charge is 0.462 e. The lowest BCUT2D eigenvalue weighted by Gasteiger charge is -2.18. The lowest BCUT2D eigenvalue weighted by atomic mass is 10.0. The zero-order valence-corrected chi connectivity index (χ0v) is 41.2. The molecule has 6 nitrogen and oxygen atoms in total. The Morgan fingerprint density at radius 2 is 0.541 bits per heavy atom. The number of hydrogen-bond acceptors (Lipinski definition) is 6. The Balaban J connectivity index is 4.32. The molecule has 0 aromatic heterocycles. The van der Waals surface area contributed by atoms with Crippen molar-refractivity contribution in [2.75, 3.05) is 13.2 Å². The molecule has 0 heterocycles. The second-order valence-electron chi connectivity index (χ2n) is 18.5. The van der Waals surface area contributed by atoms with Gasteiger partial charge in [0.2, 0.25) is 0 Å². The van der Waals surface area contributed by atoms with E-state index in [9.17, 15) is 14.4 Å². The third kappa shape index (κ3) is 49.0. The van der Waals surface area contributed by atoms with Gasteiger partial charge in [-0.1, -0.05) is 251 Å². The standard InChI is InChI=1S/C55H104O6/c1-4-7-10-13-16-19-22-25-27-28-31-33-36-39-42-45-48-54(57)60-51-52(50-59-53(56)47-44-41-38-35-32-29-24-21-18-15-12-9-6-3)61-55(58)49-46-43-40-37-34-30-26-23-20-17-14-11-8-5-2/h23,26,52H,4-22,24-25,27-51H2,1-3H3/b26-23-/t52-/m1/s1. The van der Waals surface area contributed by atoms with Crippen LogP contribution in [0.5, 0.6) is 0 Å². The molecule has 61 heavy (non-hydrogen) atoms. The molecule has 0 amide bonds. The molecule has 0 N–H and O–H groups in total. The molecule has 0 aromatic carbocycles. The van der Waals surface area contributed by atoms with Gasteiger partial charge in [0.15, 0.2) is 6.10 Å². The summed E-state index contributed by atoms with van der Waals surface area (Å²) in [6.45, 7) is 6.67. The second kappa shape index (κ2) is 50.8.